The van der Waals surface area contributed by atoms with Crippen LogP contribution in [-0.2, 0) is 14.3 Å². The lowest BCUT2D eigenvalue weighted by Gasteiger charge is -2.43. The number of aryl methyl sites for hydroxylation is 1. The smallest absolute Gasteiger partial charge is 0.254 e. The number of nitrogens with two attached hydrogens (primary N) is 1. The van der Waals surface area contributed by atoms with Crippen LogP contribution in [0.15, 0.2) is 24.3 Å². The largest absolute Gasteiger partial charge is 0.383 e. The zero-order valence-corrected chi connectivity index (χ0v) is 22.5. The molecule has 3 fully saturated rings. The molecule has 8 heteroatoms. The Balaban J connectivity index is 1.47. The number of hydrogen-bond donors (Lipinski definition) is 2. The van der Waals surface area contributed by atoms with Crippen molar-refractivity contribution >= 4 is 17.7 Å². The number of rotatable bonds is 10. The fourth-order valence-electron chi connectivity index (χ4n) is 5.84. The summed E-state index contributed by atoms with van der Waals surface area (Å²) >= 11 is 0. The second kappa shape index (κ2) is 12.9. The first-order chi connectivity index (χ1) is 17.9. The Morgan fingerprint density at radius 3 is 2.32 bits per heavy atom. The maximum absolute atomic E-state index is 13.6. The summed E-state index contributed by atoms with van der Waals surface area (Å²) in [6, 6.07) is 6.82. The van der Waals surface area contributed by atoms with Crippen molar-refractivity contribution in [3.63, 3.8) is 0 Å². The SMILES string of the molecule is COCCN(C(=O)C1CC1)C1CCN(C(=O)c2ccc(C)cc2)[C@@H](C(=O)NCC2CCC(CN)CC2)C1. The Bertz CT molecular complexity index is 924. The lowest BCUT2D eigenvalue weighted by molar-refractivity contribution is -0.139. The van der Waals surface area contributed by atoms with Crippen LogP contribution >= 0.6 is 0 Å². The predicted molar refractivity (Wildman–Crippen MR) is 143 cm³/mol. The van der Waals surface area contributed by atoms with E-state index in [4.69, 9.17) is 10.5 Å². The topological polar surface area (TPSA) is 105 Å². The first-order valence-electron chi connectivity index (χ1n) is 14.1. The highest BCUT2D eigenvalue weighted by molar-refractivity contribution is 5.97. The Morgan fingerprint density at radius 2 is 1.70 bits per heavy atom. The minimum Gasteiger partial charge on any atom is -0.383 e. The first kappa shape index (κ1) is 27.6. The summed E-state index contributed by atoms with van der Waals surface area (Å²) in [6.45, 7) is 4.77. The molecule has 1 aliphatic heterocycles. The molecule has 0 spiro atoms. The molecule has 3 aliphatic rings. The van der Waals surface area contributed by atoms with Crippen molar-refractivity contribution in [2.45, 2.75) is 70.4 Å². The molecule has 0 aromatic heterocycles. The molecule has 8 nitrogen and oxygen atoms in total. The number of carbonyl (C=O) groups excluding carboxylic acids is 3. The summed E-state index contributed by atoms with van der Waals surface area (Å²) in [6.07, 6.45) is 7.34. The molecule has 1 saturated heterocycles. The molecule has 3 N–H and O–H groups in total. The number of ether oxygens (including phenoxy) is 1. The van der Waals surface area contributed by atoms with Gasteiger partial charge >= 0.3 is 0 Å². The summed E-state index contributed by atoms with van der Waals surface area (Å²) in [5.41, 5.74) is 7.51. The molecule has 3 amide bonds. The van der Waals surface area contributed by atoms with E-state index in [2.05, 4.69) is 5.32 Å². The van der Waals surface area contributed by atoms with Gasteiger partial charge in [0.25, 0.3) is 5.91 Å². The van der Waals surface area contributed by atoms with Crippen molar-refractivity contribution in [2.75, 3.05) is 39.9 Å². The highest BCUT2D eigenvalue weighted by Crippen LogP contribution is 2.34. The number of methoxy groups -OCH3 is 1. The van der Waals surface area contributed by atoms with Gasteiger partial charge in [0.2, 0.25) is 11.8 Å². The van der Waals surface area contributed by atoms with E-state index in [1.54, 1.807) is 12.0 Å². The molecule has 4 rings (SSSR count). The van der Waals surface area contributed by atoms with Crippen LogP contribution in [0.1, 0.15) is 67.3 Å². The number of hydrogen-bond acceptors (Lipinski definition) is 5. The van der Waals surface area contributed by atoms with Gasteiger partial charge in [0, 0.05) is 44.3 Å². The van der Waals surface area contributed by atoms with Gasteiger partial charge in [-0.2, -0.15) is 0 Å². The minimum atomic E-state index is -0.606. The van der Waals surface area contributed by atoms with Crippen LogP contribution < -0.4 is 11.1 Å². The molecule has 1 heterocycles. The fraction of sp³-hybridized carbons (Fsp3) is 0.690. The lowest BCUT2D eigenvalue weighted by atomic mass is 9.82. The number of carbonyl (C=O) groups is 3. The van der Waals surface area contributed by atoms with Gasteiger partial charge in [-0.15, -0.1) is 0 Å². The predicted octanol–water partition coefficient (Wildman–Crippen LogP) is 2.73. The zero-order valence-electron chi connectivity index (χ0n) is 22.5. The van der Waals surface area contributed by atoms with Gasteiger partial charge in [0.05, 0.1) is 6.61 Å². The number of benzene rings is 1. The lowest BCUT2D eigenvalue weighted by Crippen LogP contribution is -2.59. The third kappa shape index (κ3) is 7.11. The van der Waals surface area contributed by atoms with Crippen LogP contribution in [0.2, 0.25) is 0 Å². The molecule has 0 bridgehead atoms. The van der Waals surface area contributed by atoms with E-state index < -0.39 is 6.04 Å². The van der Waals surface area contributed by atoms with Gasteiger partial charge in [0.15, 0.2) is 0 Å². The second-order valence-corrected chi connectivity index (χ2v) is 11.2. The summed E-state index contributed by atoms with van der Waals surface area (Å²) in [4.78, 5) is 43.9. The Labute approximate surface area is 221 Å². The molecule has 2 aliphatic carbocycles. The summed E-state index contributed by atoms with van der Waals surface area (Å²) < 4.78 is 5.29. The normalized spacial score (nSPS) is 26.0. The molecule has 1 unspecified atom stereocenters. The van der Waals surface area contributed by atoms with Gasteiger partial charge in [0.1, 0.15) is 6.04 Å². The summed E-state index contributed by atoms with van der Waals surface area (Å²) in [5.74, 6) is 1.06. The number of nitrogens with zero attached hydrogens (tertiary/aromatic N) is 2. The zero-order chi connectivity index (χ0) is 26.4. The Hall–Kier alpha value is -2.45. The second-order valence-electron chi connectivity index (χ2n) is 11.2. The third-order valence-corrected chi connectivity index (χ3v) is 8.49. The van der Waals surface area contributed by atoms with Crippen LogP contribution in [0, 0.1) is 24.7 Å². The standard InChI is InChI=1S/C29H44N4O4/c1-20-3-9-23(10-4-20)29(36)33-14-13-25(32(15-16-37-2)28(35)24-11-12-24)17-26(33)27(34)31-19-22-7-5-21(18-30)6-8-22/h3-4,9-10,21-22,24-26H,5-8,11-19,30H2,1-2H3,(H,31,34)/t21?,22?,25?,26-/m1/s1. The van der Waals surface area contributed by atoms with Gasteiger partial charge in [-0.1, -0.05) is 17.7 Å². The number of likely N-dealkylation sites (tertiary alicyclic amines) is 1. The van der Waals surface area contributed by atoms with E-state index in [1.165, 1.54) is 0 Å². The highest BCUT2D eigenvalue weighted by atomic mass is 16.5. The van der Waals surface area contributed by atoms with E-state index in [9.17, 15) is 14.4 Å². The Morgan fingerprint density at radius 1 is 1.03 bits per heavy atom. The van der Waals surface area contributed by atoms with Crippen LogP contribution in [0.4, 0.5) is 0 Å². The van der Waals surface area contributed by atoms with E-state index in [-0.39, 0.29) is 29.7 Å². The molecule has 204 valence electrons. The van der Waals surface area contributed by atoms with Gasteiger partial charge in [-0.05, 0) is 88.8 Å². The van der Waals surface area contributed by atoms with E-state index in [0.717, 1.165) is 50.6 Å². The fourth-order valence-corrected chi connectivity index (χ4v) is 5.84. The molecule has 2 saturated carbocycles. The first-order valence-corrected chi connectivity index (χ1v) is 14.1. The average Bonchev–Trinajstić information content (AvgIpc) is 3.78. The van der Waals surface area contributed by atoms with Gasteiger partial charge < -0.3 is 25.6 Å². The van der Waals surface area contributed by atoms with Crippen molar-refractivity contribution in [2.24, 2.45) is 23.5 Å². The molecule has 2 atom stereocenters. The maximum Gasteiger partial charge on any atom is 0.254 e. The molecular formula is C29H44N4O4. The van der Waals surface area contributed by atoms with E-state index >= 15 is 0 Å². The van der Waals surface area contributed by atoms with Crippen molar-refractivity contribution in [1.82, 2.24) is 15.1 Å². The molecular weight excluding hydrogens is 468 g/mol. The molecule has 1 aromatic carbocycles. The molecule has 37 heavy (non-hydrogen) atoms. The van der Waals surface area contributed by atoms with Crippen molar-refractivity contribution in [3.05, 3.63) is 35.4 Å². The van der Waals surface area contributed by atoms with Crippen LogP contribution in [0.25, 0.3) is 0 Å². The summed E-state index contributed by atoms with van der Waals surface area (Å²) in [5, 5.41) is 3.18. The molecule has 1 aromatic rings. The maximum atomic E-state index is 13.6. The van der Waals surface area contributed by atoms with Crippen LogP contribution in [0.3, 0.4) is 0 Å². The Kier molecular flexibility index (Phi) is 9.60. The number of piperidine rings is 1. The van der Waals surface area contributed by atoms with Crippen molar-refractivity contribution < 1.29 is 19.1 Å². The number of amides is 3. The molecule has 0 radical (unpaired) electrons. The average molecular weight is 513 g/mol. The van der Waals surface area contributed by atoms with Crippen molar-refractivity contribution in [3.8, 4) is 0 Å². The van der Waals surface area contributed by atoms with E-state index in [0.29, 0.717) is 56.5 Å². The van der Waals surface area contributed by atoms with Crippen molar-refractivity contribution in [1.29, 1.82) is 0 Å². The monoisotopic (exact) mass is 512 g/mol. The van der Waals surface area contributed by atoms with E-state index in [1.807, 2.05) is 36.1 Å². The highest BCUT2D eigenvalue weighted by Gasteiger charge is 2.42. The van der Waals surface area contributed by atoms with Crippen LogP contribution in [-0.4, -0.2) is 79.5 Å². The third-order valence-electron chi connectivity index (χ3n) is 8.49. The summed E-state index contributed by atoms with van der Waals surface area (Å²) in [7, 11) is 1.64. The quantitative estimate of drug-likeness (QED) is 0.502. The number of nitrogens with one attached hydrogen (secondary N) is 1. The minimum absolute atomic E-state index is 0.0824. The van der Waals surface area contributed by atoms with Gasteiger partial charge in [-0.3, -0.25) is 14.4 Å². The van der Waals surface area contributed by atoms with Gasteiger partial charge in [-0.25, -0.2) is 0 Å². The van der Waals surface area contributed by atoms with Crippen LogP contribution in [0.5, 0.6) is 0 Å².